The van der Waals surface area contributed by atoms with Crippen molar-refractivity contribution in [3.63, 3.8) is 0 Å². The SMILES string of the molecule is Cc1nn(Cc2c(F)c(F)c(F)c(F)c2F)c(C)c1NC(=O)c1ccccc1[N+](=O)[O-]. The number of carbonyl (C=O) groups excluding carboxylic acids is 1. The predicted octanol–water partition coefficient (Wildman–Crippen LogP) is 4.40. The summed E-state index contributed by atoms with van der Waals surface area (Å²) in [7, 11) is 0. The van der Waals surface area contributed by atoms with Crippen molar-refractivity contribution in [2.75, 3.05) is 5.32 Å². The van der Waals surface area contributed by atoms with Gasteiger partial charge in [-0.2, -0.15) is 5.10 Å². The summed E-state index contributed by atoms with van der Waals surface area (Å²) < 4.78 is 69.0. The third kappa shape index (κ3) is 3.83. The molecule has 0 unspecified atom stereocenters. The number of nitrogens with zero attached hydrogens (tertiary/aromatic N) is 3. The molecule has 162 valence electrons. The van der Waals surface area contributed by atoms with Crippen LogP contribution in [-0.2, 0) is 6.54 Å². The van der Waals surface area contributed by atoms with E-state index in [0.717, 1.165) is 10.7 Å². The van der Waals surface area contributed by atoms with E-state index in [9.17, 15) is 36.9 Å². The van der Waals surface area contributed by atoms with Crippen molar-refractivity contribution < 1.29 is 31.7 Å². The van der Waals surface area contributed by atoms with Gasteiger partial charge in [0, 0.05) is 6.07 Å². The summed E-state index contributed by atoms with van der Waals surface area (Å²) in [6, 6.07) is 5.18. The Bertz CT molecular complexity index is 1200. The molecule has 1 N–H and O–H groups in total. The standard InChI is InChI=1S/C19H13F5N4O3/c1-8-18(25-19(29)10-5-3-4-6-12(10)28(30)31)9(2)27(26-8)7-11-13(20)15(22)17(24)16(23)14(11)21/h3-6H,7H2,1-2H3,(H,25,29). The zero-order chi connectivity index (χ0) is 23.0. The highest BCUT2D eigenvalue weighted by molar-refractivity contribution is 6.07. The molecule has 0 spiro atoms. The zero-order valence-electron chi connectivity index (χ0n) is 16.0. The lowest BCUT2D eigenvalue weighted by Gasteiger charge is -2.10. The minimum atomic E-state index is -2.27. The number of para-hydroxylation sites is 1. The van der Waals surface area contributed by atoms with E-state index in [1.165, 1.54) is 32.0 Å². The van der Waals surface area contributed by atoms with Crippen LogP contribution >= 0.6 is 0 Å². The number of rotatable bonds is 5. The van der Waals surface area contributed by atoms with Crippen molar-refractivity contribution in [1.82, 2.24) is 9.78 Å². The smallest absolute Gasteiger partial charge is 0.282 e. The molecular weight excluding hydrogens is 427 g/mol. The summed E-state index contributed by atoms with van der Waals surface area (Å²) in [5, 5.41) is 17.5. The van der Waals surface area contributed by atoms with Gasteiger partial charge in [0.15, 0.2) is 23.3 Å². The van der Waals surface area contributed by atoms with Gasteiger partial charge in [-0.05, 0) is 19.9 Å². The first kappa shape index (κ1) is 21.9. The summed E-state index contributed by atoms with van der Waals surface area (Å²) in [6.07, 6.45) is 0. The number of halogens is 5. The fourth-order valence-corrected chi connectivity index (χ4v) is 2.98. The fraction of sp³-hybridized carbons (Fsp3) is 0.158. The summed E-state index contributed by atoms with van der Waals surface area (Å²) in [5.41, 5.74) is -1.41. The maximum Gasteiger partial charge on any atom is 0.282 e. The molecule has 0 aliphatic heterocycles. The number of hydrogen-bond acceptors (Lipinski definition) is 4. The van der Waals surface area contributed by atoms with Crippen molar-refractivity contribution >= 4 is 17.3 Å². The second kappa shape index (κ2) is 8.13. The molecule has 1 amide bonds. The quantitative estimate of drug-likeness (QED) is 0.209. The number of amides is 1. The van der Waals surface area contributed by atoms with Crippen LogP contribution in [0, 0.1) is 53.0 Å². The van der Waals surface area contributed by atoms with Gasteiger partial charge in [0.25, 0.3) is 11.6 Å². The molecule has 0 aliphatic rings. The molecule has 1 aromatic heterocycles. The van der Waals surface area contributed by atoms with Crippen LogP contribution in [0.1, 0.15) is 27.3 Å². The zero-order valence-corrected chi connectivity index (χ0v) is 16.0. The number of nitro groups is 1. The molecule has 7 nitrogen and oxygen atoms in total. The predicted molar refractivity (Wildman–Crippen MR) is 98.1 cm³/mol. The number of anilines is 1. The van der Waals surface area contributed by atoms with E-state index in [1.807, 2.05) is 0 Å². The molecule has 0 bridgehead atoms. The van der Waals surface area contributed by atoms with Gasteiger partial charge in [-0.1, -0.05) is 12.1 Å². The van der Waals surface area contributed by atoms with E-state index >= 15 is 0 Å². The first-order valence-corrected chi connectivity index (χ1v) is 8.63. The fourth-order valence-electron chi connectivity index (χ4n) is 2.98. The van der Waals surface area contributed by atoms with Crippen molar-refractivity contribution in [3.8, 4) is 0 Å². The van der Waals surface area contributed by atoms with E-state index in [4.69, 9.17) is 0 Å². The molecule has 0 atom stereocenters. The van der Waals surface area contributed by atoms with Gasteiger partial charge in [0.05, 0.1) is 34.1 Å². The largest absolute Gasteiger partial charge is 0.319 e. The number of hydrogen-bond donors (Lipinski definition) is 1. The molecule has 3 aromatic rings. The molecule has 0 fully saturated rings. The van der Waals surface area contributed by atoms with Crippen LogP contribution in [-0.4, -0.2) is 20.6 Å². The molecular formula is C19H13F5N4O3. The molecule has 0 saturated heterocycles. The highest BCUT2D eigenvalue weighted by atomic mass is 19.2. The second-order valence-electron chi connectivity index (χ2n) is 6.48. The van der Waals surface area contributed by atoms with Crippen molar-refractivity contribution in [3.05, 3.63) is 86.0 Å². The average molecular weight is 440 g/mol. The highest BCUT2D eigenvalue weighted by Gasteiger charge is 2.27. The number of carbonyl (C=O) groups is 1. The molecule has 0 saturated carbocycles. The van der Waals surface area contributed by atoms with Crippen molar-refractivity contribution in [2.24, 2.45) is 0 Å². The minimum Gasteiger partial charge on any atom is -0.319 e. The van der Waals surface area contributed by atoms with E-state index in [-0.39, 0.29) is 22.6 Å². The topological polar surface area (TPSA) is 90.1 Å². The third-order valence-corrected chi connectivity index (χ3v) is 4.57. The maximum absolute atomic E-state index is 14.0. The summed E-state index contributed by atoms with van der Waals surface area (Å²) >= 11 is 0. The summed E-state index contributed by atoms with van der Waals surface area (Å²) in [5.74, 6) is -11.3. The van der Waals surface area contributed by atoms with Gasteiger partial charge in [-0.3, -0.25) is 19.6 Å². The van der Waals surface area contributed by atoms with Crippen molar-refractivity contribution in [1.29, 1.82) is 0 Å². The molecule has 1 heterocycles. The maximum atomic E-state index is 14.0. The number of nitrogens with one attached hydrogen (secondary N) is 1. The Morgan fingerprint density at radius 1 is 1.03 bits per heavy atom. The van der Waals surface area contributed by atoms with E-state index < -0.39 is 57.7 Å². The number of aromatic nitrogens is 2. The average Bonchev–Trinajstić information content (AvgIpc) is 3.01. The normalized spacial score (nSPS) is 10.9. The van der Waals surface area contributed by atoms with Gasteiger partial charge in [0.1, 0.15) is 5.56 Å². The lowest BCUT2D eigenvalue weighted by Crippen LogP contribution is -2.15. The van der Waals surface area contributed by atoms with E-state index in [2.05, 4.69) is 10.4 Å². The van der Waals surface area contributed by atoms with Gasteiger partial charge in [-0.25, -0.2) is 22.0 Å². The molecule has 12 heteroatoms. The third-order valence-electron chi connectivity index (χ3n) is 4.57. The van der Waals surface area contributed by atoms with E-state index in [1.54, 1.807) is 0 Å². The molecule has 3 rings (SSSR count). The molecule has 0 aliphatic carbocycles. The summed E-state index contributed by atoms with van der Waals surface area (Å²) in [6.45, 7) is 2.01. The lowest BCUT2D eigenvalue weighted by molar-refractivity contribution is -0.385. The van der Waals surface area contributed by atoms with E-state index in [0.29, 0.717) is 0 Å². The Hall–Kier alpha value is -3.83. The van der Waals surface area contributed by atoms with Crippen LogP contribution < -0.4 is 5.32 Å². The summed E-state index contributed by atoms with van der Waals surface area (Å²) in [4.78, 5) is 22.9. The second-order valence-corrected chi connectivity index (χ2v) is 6.48. The molecule has 31 heavy (non-hydrogen) atoms. The van der Waals surface area contributed by atoms with Crippen LogP contribution in [0.3, 0.4) is 0 Å². The Balaban J connectivity index is 1.96. The number of nitro benzene ring substituents is 1. The minimum absolute atomic E-state index is 0.0759. The van der Waals surface area contributed by atoms with Gasteiger partial charge >= 0.3 is 0 Å². The highest BCUT2D eigenvalue weighted by Crippen LogP contribution is 2.27. The Morgan fingerprint density at radius 2 is 1.58 bits per heavy atom. The van der Waals surface area contributed by atoms with Crippen LogP contribution in [0.25, 0.3) is 0 Å². The lowest BCUT2D eigenvalue weighted by atomic mass is 10.1. The van der Waals surface area contributed by atoms with Crippen LogP contribution in [0.5, 0.6) is 0 Å². The van der Waals surface area contributed by atoms with Crippen LogP contribution in [0.2, 0.25) is 0 Å². The number of benzene rings is 2. The molecule has 0 radical (unpaired) electrons. The van der Waals surface area contributed by atoms with Crippen LogP contribution in [0.15, 0.2) is 24.3 Å². The Kier molecular flexibility index (Phi) is 5.73. The van der Waals surface area contributed by atoms with Gasteiger partial charge < -0.3 is 5.32 Å². The van der Waals surface area contributed by atoms with Gasteiger partial charge in [-0.15, -0.1) is 0 Å². The first-order valence-electron chi connectivity index (χ1n) is 8.63. The van der Waals surface area contributed by atoms with Crippen molar-refractivity contribution in [2.45, 2.75) is 20.4 Å². The Labute approximate surface area is 171 Å². The molecule has 2 aromatic carbocycles. The van der Waals surface area contributed by atoms with Crippen LogP contribution in [0.4, 0.5) is 33.3 Å². The van der Waals surface area contributed by atoms with Gasteiger partial charge in [0.2, 0.25) is 5.82 Å². The number of aryl methyl sites for hydroxylation is 1. The monoisotopic (exact) mass is 440 g/mol. The first-order chi connectivity index (χ1) is 14.5. The Morgan fingerprint density at radius 3 is 2.16 bits per heavy atom.